The van der Waals surface area contributed by atoms with Crippen molar-refractivity contribution < 1.29 is 13.9 Å². The predicted octanol–water partition coefficient (Wildman–Crippen LogP) is 3.30. The lowest BCUT2D eigenvalue weighted by Crippen LogP contribution is -2.41. The molecule has 0 saturated heterocycles. The van der Waals surface area contributed by atoms with E-state index < -0.39 is 17.2 Å². The average molecular weight is 228 g/mol. The van der Waals surface area contributed by atoms with E-state index in [-0.39, 0.29) is 5.41 Å². The first-order chi connectivity index (χ1) is 7.13. The zero-order valence-electron chi connectivity index (χ0n) is 10.1. The minimum absolute atomic E-state index is 0.299. The molecular formula is C13H18F2O. The third kappa shape index (κ3) is 2.79. The first-order valence-electron chi connectivity index (χ1n) is 5.30. The maximum Gasteiger partial charge on any atom is 0.159 e. The Hall–Kier alpha value is -0.960. The standard InChI is InChI=1S/C13H18F2O/c1-12(2,3)13(4,16)8-9-5-6-10(14)11(15)7-9/h5-7,16H,8H2,1-4H3. The number of benzene rings is 1. The second-order valence-corrected chi connectivity index (χ2v) is 5.45. The summed E-state index contributed by atoms with van der Waals surface area (Å²) in [6.07, 6.45) is 0.299. The number of hydrogen-bond acceptors (Lipinski definition) is 1. The van der Waals surface area contributed by atoms with Gasteiger partial charge in [0.1, 0.15) is 0 Å². The van der Waals surface area contributed by atoms with E-state index in [4.69, 9.17) is 0 Å². The molecule has 0 radical (unpaired) electrons. The molecule has 1 rings (SSSR count). The van der Waals surface area contributed by atoms with Gasteiger partial charge in [-0.2, -0.15) is 0 Å². The van der Waals surface area contributed by atoms with Gasteiger partial charge in [-0.25, -0.2) is 8.78 Å². The van der Waals surface area contributed by atoms with Crippen LogP contribution in [0.2, 0.25) is 0 Å². The van der Waals surface area contributed by atoms with Gasteiger partial charge in [-0.15, -0.1) is 0 Å². The van der Waals surface area contributed by atoms with Gasteiger partial charge in [0.15, 0.2) is 11.6 Å². The maximum absolute atomic E-state index is 13.0. The highest BCUT2D eigenvalue weighted by molar-refractivity contribution is 5.20. The Labute approximate surface area is 95.1 Å². The molecule has 0 aromatic heterocycles. The second kappa shape index (κ2) is 4.13. The summed E-state index contributed by atoms with van der Waals surface area (Å²) in [5.74, 6) is -1.73. The molecule has 0 fully saturated rings. The van der Waals surface area contributed by atoms with Crippen LogP contribution in [-0.2, 0) is 6.42 Å². The third-order valence-electron chi connectivity index (χ3n) is 3.15. The van der Waals surface area contributed by atoms with Crippen LogP contribution in [0.15, 0.2) is 18.2 Å². The molecule has 0 saturated carbocycles. The molecule has 1 aromatic rings. The van der Waals surface area contributed by atoms with E-state index in [0.29, 0.717) is 12.0 Å². The highest BCUT2D eigenvalue weighted by Gasteiger charge is 2.35. The zero-order valence-corrected chi connectivity index (χ0v) is 10.1. The normalized spacial score (nSPS) is 15.9. The van der Waals surface area contributed by atoms with E-state index in [0.717, 1.165) is 12.1 Å². The number of hydrogen-bond donors (Lipinski definition) is 1. The van der Waals surface area contributed by atoms with Gasteiger partial charge in [0.05, 0.1) is 5.60 Å². The van der Waals surface area contributed by atoms with Crippen LogP contribution in [0, 0.1) is 17.0 Å². The van der Waals surface area contributed by atoms with Crippen LogP contribution < -0.4 is 0 Å². The molecule has 0 bridgehead atoms. The highest BCUT2D eigenvalue weighted by atomic mass is 19.2. The summed E-state index contributed by atoms with van der Waals surface area (Å²) in [4.78, 5) is 0. The zero-order chi connectivity index (χ0) is 12.6. The molecule has 0 aliphatic carbocycles. The first kappa shape index (κ1) is 13.1. The minimum Gasteiger partial charge on any atom is -0.389 e. The topological polar surface area (TPSA) is 20.2 Å². The van der Waals surface area contributed by atoms with Gasteiger partial charge < -0.3 is 5.11 Å². The van der Waals surface area contributed by atoms with Crippen molar-refractivity contribution in [3.8, 4) is 0 Å². The lowest BCUT2D eigenvalue weighted by Gasteiger charge is -2.37. The monoisotopic (exact) mass is 228 g/mol. The molecule has 1 aromatic carbocycles. The third-order valence-corrected chi connectivity index (χ3v) is 3.15. The summed E-state index contributed by atoms with van der Waals surface area (Å²) < 4.78 is 25.7. The molecule has 1 nitrogen and oxygen atoms in total. The van der Waals surface area contributed by atoms with Crippen molar-refractivity contribution in [3.05, 3.63) is 35.4 Å². The fraction of sp³-hybridized carbons (Fsp3) is 0.538. The molecule has 0 aliphatic rings. The molecule has 1 unspecified atom stereocenters. The van der Waals surface area contributed by atoms with Crippen LogP contribution in [0.4, 0.5) is 8.78 Å². The van der Waals surface area contributed by atoms with Crippen LogP contribution >= 0.6 is 0 Å². The van der Waals surface area contributed by atoms with Crippen molar-refractivity contribution in [2.45, 2.75) is 39.7 Å². The number of halogens is 2. The van der Waals surface area contributed by atoms with Gasteiger partial charge in [0, 0.05) is 6.42 Å². The Morgan fingerprint density at radius 1 is 1.06 bits per heavy atom. The van der Waals surface area contributed by atoms with Crippen LogP contribution in [0.1, 0.15) is 33.3 Å². The van der Waals surface area contributed by atoms with Gasteiger partial charge in [0.2, 0.25) is 0 Å². The van der Waals surface area contributed by atoms with Crippen molar-refractivity contribution in [2.24, 2.45) is 5.41 Å². The molecule has 0 amide bonds. The van der Waals surface area contributed by atoms with Gasteiger partial charge in [-0.3, -0.25) is 0 Å². The summed E-state index contributed by atoms with van der Waals surface area (Å²) in [5.41, 5.74) is -0.686. The molecule has 1 atom stereocenters. The molecule has 90 valence electrons. The van der Waals surface area contributed by atoms with Crippen LogP contribution in [0.3, 0.4) is 0 Å². The number of aliphatic hydroxyl groups is 1. The van der Waals surface area contributed by atoms with E-state index in [1.54, 1.807) is 6.92 Å². The lowest BCUT2D eigenvalue weighted by molar-refractivity contribution is -0.0406. The summed E-state index contributed by atoms with van der Waals surface area (Å²) in [7, 11) is 0. The summed E-state index contributed by atoms with van der Waals surface area (Å²) >= 11 is 0. The summed E-state index contributed by atoms with van der Waals surface area (Å²) in [6.45, 7) is 7.43. The lowest BCUT2D eigenvalue weighted by atomic mass is 9.74. The van der Waals surface area contributed by atoms with Crippen LogP contribution in [-0.4, -0.2) is 10.7 Å². The van der Waals surface area contributed by atoms with Crippen molar-refractivity contribution in [3.63, 3.8) is 0 Å². The molecular weight excluding hydrogens is 210 g/mol. The molecule has 0 heterocycles. The largest absolute Gasteiger partial charge is 0.389 e. The number of rotatable bonds is 2. The molecule has 0 aliphatic heterocycles. The molecule has 3 heteroatoms. The molecule has 16 heavy (non-hydrogen) atoms. The van der Waals surface area contributed by atoms with Crippen molar-refractivity contribution >= 4 is 0 Å². The van der Waals surface area contributed by atoms with Gasteiger partial charge in [-0.1, -0.05) is 26.8 Å². The Kier molecular flexibility index (Phi) is 3.38. The fourth-order valence-electron chi connectivity index (χ4n) is 1.31. The fourth-order valence-corrected chi connectivity index (χ4v) is 1.31. The molecule has 0 spiro atoms. The van der Waals surface area contributed by atoms with E-state index >= 15 is 0 Å². The van der Waals surface area contributed by atoms with E-state index in [1.807, 2.05) is 20.8 Å². The van der Waals surface area contributed by atoms with Crippen molar-refractivity contribution in [1.82, 2.24) is 0 Å². The Morgan fingerprint density at radius 2 is 1.62 bits per heavy atom. The van der Waals surface area contributed by atoms with Gasteiger partial charge in [0.25, 0.3) is 0 Å². The average Bonchev–Trinajstić information content (AvgIpc) is 2.09. The summed E-state index contributed by atoms with van der Waals surface area (Å²) in [6, 6.07) is 3.72. The van der Waals surface area contributed by atoms with Crippen LogP contribution in [0.5, 0.6) is 0 Å². The van der Waals surface area contributed by atoms with E-state index in [9.17, 15) is 13.9 Å². The highest BCUT2D eigenvalue weighted by Crippen LogP contribution is 2.33. The van der Waals surface area contributed by atoms with Gasteiger partial charge >= 0.3 is 0 Å². The Morgan fingerprint density at radius 3 is 2.06 bits per heavy atom. The van der Waals surface area contributed by atoms with E-state index in [1.165, 1.54) is 6.07 Å². The maximum atomic E-state index is 13.0. The van der Waals surface area contributed by atoms with Crippen molar-refractivity contribution in [2.75, 3.05) is 0 Å². The first-order valence-corrected chi connectivity index (χ1v) is 5.30. The quantitative estimate of drug-likeness (QED) is 0.823. The SMILES string of the molecule is CC(C)(C)C(C)(O)Cc1ccc(F)c(F)c1. The van der Waals surface area contributed by atoms with Crippen LogP contribution in [0.25, 0.3) is 0 Å². The van der Waals surface area contributed by atoms with E-state index in [2.05, 4.69) is 0 Å². The molecule has 1 N–H and O–H groups in total. The Balaban J connectivity index is 2.93. The second-order valence-electron chi connectivity index (χ2n) is 5.45. The predicted molar refractivity (Wildman–Crippen MR) is 60.1 cm³/mol. The Bertz CT molecular complexity index is 378. The van der Waals surface area contributed by atoms with Crippen molar-refractivity contribution in [1.29, 1.82) is 0 Å². The van der Waals surface area contributed by atoms with Gasteiger partial charge in [-0.05, 0) is 30.0 Å². The summed E-state index contributed by atoms with van der Waals surface area (Å²) in [5, 5.41) is 10.2. The minimum atomic E-state index is -0.961. The smallest absolute Gasteiger partial charge is 0.159 e.